The Kier molecular flexibility index (Phi) is 5.62. The maximum absolute atomic E-state index is 12.8. The van der Waals surface area contributed by atoms with Crippen LogP contribution in [0.1, 0.15) is 65.7 Å². The first-order valence-corrected chi connectivity index (χ1v) is 10.4. The quantitative estimate of drug-likeness (QED) is 0.852. The number of rotatable bonds is 4. The highest BCUT2D eigenvalue weighted by atomic mass is 16.3. The number of hydrogen-bond donors (Lipinski definition) is 2. The lowest BCUT2D eigenvalue weighted by Gasteiger charge is -2.36. The molecule has 2 N–H and O–H groups in total. The van der Waals surface area contributed by atoms with Crippen LogP contribution in [-0.4, -0.2) is 40.0 Å². The summed E-state index contributed by atoms with van der Waals surface area (Å²) in [5.41, 5.74) is 4.11. The van der Waals surface area contributed by atoms with Crippen molar-refractivity contribution < 1.29 is 9.90 Å². The van der Waals surface area contributed by atoms with Crippen molar-refractivity contribution in [2.45, 2.75) is 57.5 Å². The smallest absolute Gasteiger partial charge is 0.255 e. The van der Waals surface area contributed by atoms with Crippen LogP contribution in [0.15, 0.2) is 36.7 Å². The summed E-state index contributed by atoms with van der Waals surface area (Å²) in [5, 5.41) is 13.5. The minimum Gasteiger partial charge on any atom is -0.507 e. The van der Waals surface area contributed by atoms with Gasteiger partial charge < -0.3 is 10.4 Å². The lowest BCUT2D eigenvalue weighted by atomic mass is 9.89. The molecule has 1 aromatic carbocycles. The predicted octanol–water partition coefficient (Wildman–Crippen LogP) is 3.62. The number of likely N-dealkylation sites (tertiary alicyclic amines) is 1. The summed E-state index contributed by atoms with van der Waals surface area (Å²) in [6.07, 6.45) is 9.84. The Hall–Kier alpha value is -2.40. The number of amides is 1. The molecule has 5 nitrogen and oxygen atoms in total. The zero-order valence-corrected chi connectivity index (χ0v) is 16.5. The van der Waals surface area contributed by atoms with Crippen LogP contribution in [0.4, 0.5) is 0 Å². The molecule has 0 radical (unpaired) electrons. The molecule has 2 heterocycles. The fourth-order valence-corrected chi connectivity index (χ4v) is 4.50. The number of carbonyl (C=O) groups is 1. The van der Waals surface area contributed by atoms with Crippen molar-refractivity contribution in [2.75, 3.05) is 13.1 Å². The molecular formula is C23H29N3O2. The van der Waals surface area contributed by atoms with E-state index in [9.17, 15) is 9.90 Å². The molecule has 1 unspecified atom stereocenters. The van der Waals surface area contributed by atoms with Crippen LogP contribution in [0.2, 0.25) is 0 Å². The van der Waals surface area contributed by atoms with Gasteiger partial charge in [-0.3, -0.25) is 14.7 Å². The summed E-state index contributed by atoms with van der Waals surface area (Å²) < 4.78 is 0. The molecule has 1 atom stereocenters. The first-order chi connectivity index (χ1) is 13.6. The third kappa shape index (κ3) is 4.04. The number of piperidine rings is 1. The van der Waals surface area contributed by atoms with Crippen molar-refractivity contribution >= 4 is 5.91 Å². The first-order valence-electron chi connectivity index (χ1n) is 10.4. The molecule has 1 aliphatic heterocycles. The van der Waals surface area contributed by atoms with Gasteiger partial charge in [0.1, 0.15) is 5.75 Å². The molecule has 5 heteroatoms. The summed E-state index contributed by atoms with van der Waals surface area (Å²) in [5.74, 6) is -0.0339. The molecule has 4 rings (SSSR count). The molecule has 0 spiro atoms. The Morgan fingerprint density at radius 2 is 1.79 bits per heavy atom. The summed E-state index contributed by atoms with van der Waals surface area (Å²) in [6, 6.07) is 8.34. The van der Waals surface area contributed by atoms with Crippen molar-refractivity contribution in [1.82, 2.24) is 15.2 Å². The Morgan fingerprint density at radius 1 is 1.14 bits per heavy atom. The van der Waals surface area contributed by atoms with Crippen molar-refractivity contribution in [3.05, 3.63) is 58.9 Å². The maximum atomic E-state index is 12.8. The second kappa shape index (κ2) is 8.31. The fraction of sp³-hybridized carbons (Fsp3) is 0.478. The minimum absolute atomic E-state index is 0.113. The topological polar surface area (TPSA) is 65.5 Å². The number of aryl methyl sites for hydroxylation is 2. The van der Waals surface area contributed by atoms with E-state index in [-0.39, 0.29) is 17.7 Å². The number of nitrogens with zero attached hydrogens (tertiary/aromatic N) is 2. The number of pyridine rings is 1. The van der Waals surface area contributed by atoms with E-state index in [1.165, 1.54) is 16.7 Å². The summed E-state index contributed by atoms with van der Waals surface area (Å²) >= 11 is 0. The van der Waals surface area contributed by atoms with E-state index in [2.05, 4.69) is 34.3 Å². The maximum Gasteiger partial charge on any atom is 0.255 e. The van der Waals surface area contributed by atoms with Crippen LogP contribution in [-0.2, 0) is 12.8 Å². The Bertz CT molecular complexity index is 829. The van der Waals surface area contributed by atoms with Crippen LogP contribution in [0, 0.1) is 0 Å². The van der Waals surface area contributed by atoms with Crippen molar-refractivity contribution in [2.24, 2.45) is 0 Å². The molecule has 2 aromatic rings. The molecule has 28 heavy (non-hydrogen) atoms. The normalized spacial score (nSPS) is 19.0. The van der Waals surface area contributed by atoms with Gasteiger partial charge in [0.15, 0.2) is 0 Å². The minimum atomic E-state index is -0.147. The van der Waals surface area contributed by atoms with Crippen LogP contribution < -0.4 is 5.32 Å². The number of hydrogen-bond acceptors (Lipinski definition) is 4. The summed E-state index contributed by atoms with van der Waals surface area (Å²) in [6.45, 7) is 4.12. The van der Waals surface area contributed by atoms with Gasteiger partial charge in [-0.2, -0.15) is 0 Å². The molecule has 148 valence electrons. The summed E-state index contributed by atoms with van der Waals surface area (Å²) in [7, 11) is 0. The van der Waals surface area contributed by atoms with Crippen LogP contribution in [0.5, 0.6) is 5.75 Å². The van der Waals surface area contributed by atoms with Gasteiger partial charge in [0.2, 0.25) is 0 Å². The van der Waals surface area contributed by atoms with E-state index in [4.69, 9.17) is 0 Å². The van der Waals surface area contributed by atoms with Crippen molar-refractivity contribution in [3.63, 3.8) is 0 Å². The molecule has 0 bridgehead atoms. The SMILES string of the molecule is CC(c1ccncc1)N1CCC(NC(=O)c2cc3c(cc2O)CCCC3)CC1. The average Bonchev–Trinajstić information content (AvgIpc) is 2.74. The number of carbonyl (C=O) groups excluding carboxylic acids is 1. The highest BCUT2D eigenvalue weighted by Crippen LogP contribution is 2.29. The van der Waals surface area contributed by atoms with Gasteiger partial charge in [0.25, 0.3) is 5.91 Å². The number of aromatic nitrogens is 1. The number of benzene rings is 1. The van der Waals surface area contributed by atoms with Crippen LogP contribution in [0.3, 0.4) is 0 Å². The van der Waals surface area contributed by atoms with E-state index in [0.717, 1.165) is 51.6 Å². The summed E-state index contributed by atoms with van der Waals surface area (Å²) in [4.78, 5) is 19.3. The second-order valence-electron chi connectivity index (χ2n) is 8.09. The van der Waals surface area contributed by atoms with Crippen molar-refractivity contribution in [3.8, 4) is 5.75 Å². The van der Waals surface area contributed by atoms with E-state index in [0.29, 0.717) is 11.6 Å². The standard InChI is InChI=1S/C23H29N3O2/c1-16(17-6-10-24-11-7-17)26-12-8-20(9-13-26)25-23(28)21-14-18-4-2-3-5-19(18)15-22(21)27/h6-7,10-11,14-16,20,27H,2-5,8-9,12-13H2,1H3,(H,25,28). The van der Waals surface area contributed by atoms with Gasteiger partial charge in [-0.05, 0) is 86.4 Å². The van der Waals surface area contributed by atoms with E-state index in [1.807, 2.05) is 18.5 Å². The third-order valence-corrected chi connectivity index (χ3v) is 6.31. The lowest BCUT2D eigenvalue weighted by molar-refractivity contribution is 0.0893. The van der Waals surface area contributed by atoms with E-state index >= 15 is 0 Å². The predicted molar refractivity (Wildman–Crippen MR) is 109 cm³/mol. The highest BCUT2D eigenvalue weighted by Gasteiger charge is 2.26. The zero-order chi connectivity index (χ0) is 19.5. The fourth-order valence-electron chi connectivity index (χ4n) is 4.50. The van der Waals surface area contributed by atoms with Crippen molar-refractivity contribution in [1.29, 1.82) is 0 Å². The number of phenols is 1. The highest BCUT2D eigenvalue weighted by molar-refractivity contribution is 5.97. The van der Waals surface area contributed by atoms with Crippen LogP contribution >= 0.6 is 0 Å². The average molecular weight is 380 g/mol. The number of fused-ring (bicyclic) bond motifs is 1. The van der Waals surface area contributed by atoms with Gasteiger partial charge >= 0.3 is 0 Å². The molecule has 1 amide bonds. The van der Waals surface area contributed by atoms with Gasteiger partial charge in [-0.25, -0.2) is 0 Å². The third-order valence-electron chi connectivity index (χ3n) is 6.31. The first kappa shape index (κ1) is 18.9. The largest absolute Gasteiger partial charge is 0.507 e. The second-order valence-corrected chi connectivity index (χ2v) is 8.09. The Labute approximate surface area is 166 Å². The number of phenolic OH excluding ortho intramolecular Hbond substituents is 1. The van der Waals surface area contributed by atoms with Gasteiger partial charge in [0, 0.05) is 37.6 Å². The molecular weight excluding hydrogens is 350 g/mol. The Morgan fingerprint density at radius 3 is 2.46 bits per heavy atom. The van der Waals surface area contributed by atoms with Crippen LogP contribution in [0.25, 0.3) is 0 Å². The van der Waals surface area contributed by atoms with Gasteiger partial charge in [0.05, 0.1) is 5.56 Å². The zero-order valence-electron chi connectivity index (χ0n) is 16.5. The van der Waals surface area contributed by atoms with E-state index in [1.54, 1.807) is 6.07 Å². The lowest BCUT2D eigenvalue weighted by Crippen LogP contribution is -2.45. The number of aromatic hydroxyl groups is 1. The molecule has 1 fully saturated rings. The number of nitrogens with one attached hydrogen (secondary N) is 1. The molecule has 1 aliphatic carbocycles. The van der Waals surface area contributed by atoms with E-state index < -0.39 is 0 Å². The Balaban J connectivity index is 1.35. The molecule has 1 saturated heterocycles. The van der Waals surface area contributed by atoms with Gasteiger partial charge in [-0.1, -0.05) is 0 Å². The molecule has 0 saturated carbocycles. The molecule has 2 aliphatic rings. The molecule has 1 aromatic heterocycles. The van der Waals surface area contributed by atoms with Gasteiger partial charge in [-0.15, -0.1) is 0 Å². The monoisotopic (exact) mass is 379 g/mol.